The fourth-order valence-corrected chi connectivity index (χ4v) is 3.99. The van der Waals surface area contributed by atoms with E-state index < -0.39 is 12.1 Å². The van der Waals surface area contributed by atoms with E-state index in [1.54, 1.807) is 24.3 Å². The molecule has 0 aliphatic rings. The zero-order valence-electron chi connectivity index (χ0n) is 17.8. The van der Waals surface area contributed by atoms with Crippen molar-refractivity contribution in [1.82, 2.24) is 15.5 Å². The maximum Gasteiger partial charge on any atom is 0.319 e. The van der Waals surface area contributed by atoms with Gasteiger partial charge in [-0.05, 0) is 42.7 Å². The summed E-state index contributed by atoms with van der Waals surface area (Å²) in [4.78, 5) is 25.5. The molecular formula is C22H23Cl2N5O2S. The Bertz CT molecular complexity index is 1120. The van der Waals surface area contributed by atoms with Crippen LogP contribution in [0.3, 0.4) is 0 Å². The number of nitrogens with one attached hydrogen (secondary N) is 3. The molecule has 0 unspecified atom stereocenters. The summed E-state index contributed by atoms with van der Waals surface area (Å²) in [5, 5.41) is 18.5. The molecule has 0 radical (unpaired) electrons. The Balaban J connectivity index is 1.68. The molecule has 3 rings (SSSR count). The first-order valence-electron chi connectivity index (χ1n) is 10.0. The highest BCUT2D eigenvalue weighted by molar-refractivity contribution is 7.18. The van der Waals surface area contributed by atoms with E-state index >= 15 is 0 Å². The van der Waals surface area contributed by atoms with Gasteiger partial charge >= 0.3 is 6.03 Å². The van der Waals surface area contributed by atoms with Gasteiger partial charge in [-0.25, -0.2) is 4.79 Å². The molecule has 3 aromatic rings. The van der Waals surface area contributed by atoms with Crippen molar-refractivity contribution in [3.05, 3.63) is 58.1 Å². The lowest BCUT2D eigenvalue weighted by Gasteiger charge is -2.23. The number of carbonyl (C=O) groups is 2. The van der Waals surface area contributed by atoms with E-state index in [1.807, 2.05) is 39.0 Å². The maximum absolute atomic E-state index is 12.9. The Morgan fingerprint density at radius 2 is 1.88 bits per heavy atom. The molecule has 2 aromatic carbocycles. The fraction of sp³-hybridized carbons (Fsp3) is 0.273. The van der Waals surface area contributed by atoms with Crippen molar-refractivity contribution in [1.29, 1.82) is 0 Å². The number of aromatic nitrogens is 2. The fourth-order valence-electron chi connectivity index (χ4n) is 2.88. The third-order valence-electron chi connectivity index (χ3n) is 4.94. The Kier molecular flexibility index (Phi) is 8.06. The highest BCUT2D eigenvalue weighted by atomic mass is 35.5. The first kappa shape index (κ1) is 24.0. The number of carbonyl (C=O) groups excluding carboxylic acids is 2. The second-order valence-electron chi connectivity index (χ2n) is 7.34. The average Bonchev–Trinajstić information content (AvgIpc) is 3.22. The van der Waals surface area contributed by atoms with E-state index in [0.717, 1.165) is 11.1 Å². The molecule has 168 valence electrons. The summed E-state index contributed by atoms with van der Waals surface area (Å²) in [5.74, 6) is -0.479. The van der Waals surface area contributed by atoms with Gasteiger partial charge in [0.25, 0.3) is 0 Å². The largest absolute Gasteiger partial charge is 0.326 e. The molecule has 0 saturated carbocycles. The predicted octanol–water partition coefficient (Wildman–Crippen LogP) is 6.00. The number of rotatable bonds is 7. The quantitative estimate of drug-likeness (QED) is 0.377. The van der Waals surface area contributed by atoms with Gasteiger partial charge in [0, 0.05) is 21.3 Å². The van der Waals surface area contributed by atoms with E-state index in [1.165, 1.54) is 11.3 Å². The summed E-state index contributed by atoms with van der Waals surface area (Å²) < 4.78 is 0. The average molecular weight is 492 g/mol. The van der Waals surface area contributed by atoms with Gasteiger partial charge in [-0.3, -0.25) is 10.1 Å². The summed E-state index contributed by atoms with van der Waals surface area (Å²) in [5.41, 5.74) is 2.25. The molecule has 0 saturated heterocycles. The zero-order valence-corrected chi connectivity index (χ0v) is 20.1. The minimum Gasteiger partial charge on any atom is -0.326 e. The number of urea groups is 1. The van der Waals surface area contributed by atoms with E-state index in [2.05, 4.69) is 26.1 Å². The smallest absolute Gasteiger partial charge is 0.319 e. The van der Waals surface area contributed by atoms with Gasteiger partial charge in [0.05, 0.1) is 0 Å². The van der Waals surface area contributed by atoms with Crippen molar-refractivity contribution in [2.75, 3.05) is 10.6 Å². The van der Waals surface area contributed by atoms with Crippen molar-refractivity contribution in [3.8, 4) is 10.6 Å². The Morgan fingerprint density at radius 3 is 2.56 bits per heavy atom. The second kappa shape index (κ2) is 10.8. The summed E-state index contributed by atoms with van der Waals surface area (Å²) in [6.45, 7) is 5.72. The van der Waals surface area contributed by atoms with Crippen molar-refractivity contribution < 1.29 is 9.59 Å². The van der Waals surface area contributed by atoms with Gasteiger partial charge in [-0.15, -0.1) is 10.2 Å². The number of halogens is 2. The van der Waals surface area contributed by atoms with Gasteiger partial charge in [-0.1, -0.05) is 73.0 Å². The minimum absolute atomic E-state index is 0.109. The number of anilines is 2. The van der Waals surface area contributed by atoms with E-state index in [9.17, 15) is 9.59 Å². The number of nitrogens with zero attached hydrogens (tertiary/aromatic N) is 2. The number of aryl methyl sites for hydroxylation is 1. The van der Waals surface area contributed by atoms with Crippen LogP contribution < -0.4 is 16.0 Å². The topological polar surface area (TPSA) is 96.0 Å². The predicted molar refractivity (Wildman–Crippen MR) is 131 cm³/mol. The summed E-state index contributed by atoms with van der Waals surface area (Å²) in [6.07, 6.45) is 0.693. The van der Waals surface area contributed by atoms with Gasteiger partial charge in [-0.2, -0.15) is 0 Å². The molecule has 1 heterocycles. The Morgan fingerprint density at radius 1 is 1.09 bits per heavy atom. The molecule has 10 heteroatoms. The van der Waals surface area contributed by atoms with Crippen molar-refractivity contribution >= 4 is 57.3 Å². The monoisotopic (exact) mass is 491 g/mol. The van der Waals surface area contributed by atoms with E-state index in [4.69, 9.17) is 23.2 Å². The molecule has 0 aliphatic heterocycles. The number of hydrogen-bond acceptors (Lipinski definition) is 5. The summed E-state index contributed by atoms with van der Waals surface area (Å²) >= 11 is 13.4. The lowest BCUT2D eigenvalue weighted by molar-refractivity contribution is -0.119. The van der Waals surface area contributed by atoms with Gasteiger partial charge in [0.15, 0.2) is 0 Å². The van der Waals surface area contributed by atoms with Crippen LogP contribution in [0.2, 0.25) is 10.0 Å². The Hall–Kier alpha value is -2.68. The van der Waals surface area contributed by atoms with Crippen molar-refractivity contribution in [2.24, 2.45) is 5.92 Å². The molecule has 7 nitrogen and oxygen atoms in total. The Labute approximate surface area is 200 Å². The highest BCUT2D eigenvalue weighted by Gasteiger charge is 2.27. The molecule has 32 heavy (non-hydrogen) atoms. The van der Waals surface area contributed by atoms with Crippen LogP contribution >= 0.6 is 34.5 Å². The van der Waals surface area contributed by atoms with Gasteiger partial charge in [0.1, 0.15) is 11.0 Å². The van der Waals surface area contributed by atoms with Crippen LogP contribution in [0.4, 0.5) is 15.6 Å². The maximum atomic E-state index is 12.9. The molecule has 1 aromatic heterocycles. The number of amides is 3. The van der Waals surface area contributed by atoms with Crippen LogP contribution in [-0.4, -0.2) is 28.2 Å². The van der Waals surface area contributed by atoms with Crippen LogP contribution in [0.15, 0.2) is 42.5 Å². The van der Waals surface area contributed by atoms with Crippen LogP contribution in [0.1, 0.15) is 25.8 Å². The van der Waals surface area contributed by atoms with Crippen LogP contribution in [-0.2, 0) is 4.79 Å². The summed E-state index contributed by atoms with van der Waals surface area (Å²) in [6, 6.07) is 11.2. The lowest BCUT2D eigenvalue weighted by atomic mass is 9.98. The SMILES string of the molecule is CC[C@H](C)[C@@H](NC(=O)Nc1ccc(C)c(Cl)c1)C(=O)Nc1nnc(-c2cccc(Cl)c2)s1. The van der Waals surface area contributed by atoms with E-state index in [-0.39, 0.29) is 11.8 Å². The van der Waals surface area contributed by atoms with Crippen LogP contribution in [0, 0.1) is 12.8 Å². The number of benzene rings is 2. The molecule has 0 spiro atoms. The van der Waals surface area contributed by atoms with Crippen molar-refractivity contribution in [2.45, 2.75) is 33.2 Å². The van der Waals surface area contributed by atoms with Crippen LogP contribution in [0.25, 0.3) is 10.6 Å². The first-order chi connectivity index (χ1) is 15.3. The molecule has 0 fully saturated rings. The number of hydrogen-bond donors (Lipinski definition) is 3. The van der Waals surface area contributed by atoms with Crippen molar-refractivity contribution in [3.63, 3.8) is 0 Å². The minimum atomic E-state index is -0.764. The molecular weight excluding hydrogens is 469 g/mol. The third kappa shape index (κ3) is 6.18. The van der Waals surface area contributed by atoms with Gasteiger partial charge in [0.2, 0.25) is 11.0 Å². The molecule has 3 amide bonds. The normalized spacial score (nSPS) is 12.7. The van der Waals surface area contributed by atoms with E-state index in [0.29, 0.717) is 32.3 Å². The molecule has 3 N–H and O–H groups in total. The van der Waals surface area contributed by atoms with Crippen LogP contribution in [0.5, 0.6) is 0 Å². The lowest BCUT2D eigenvalue weighted by Crippen LogP contribution is -2.49. The standard InChI is InChI=1S/C22H23Cl2N5O2S/c1-4-12(2)18(26-21(31)25-16-9-8-13(3)17(24)11-16)19(30)27-22-29-28-20(32-22)14-6-5-7-15(23)10-14/h5-12,18H,4H2,1-3H3,(H2,25,26,31)(H,27,29,30)/t12-,18+/m0/s1. The molecule has 0 bridgehead atoms. The molecule has 0 aliphatic carbocycles. The second-order valence-corrected chi connectivity index (χ2v) is 9.16. The zero-order chi connectivity index (χ0) is 23.3. The first-order valence-corrected chi connectivity index (χ1v) is 11.6. The molecule has 2 atom stereocenters. The van der Waals surface area contributed by atoms with Gasteiger partial charge < -0.3 is 10.6 Å². The summed E-state index contributed by atoms with van der Waals surface area (Å²) in [7, 11) is 0. The third-order valence-corrected chi connectivity index (χ3v) is 6.47. The highest BCUT2D eigenvalue weighted by Crippen LogP contribution is 2.28.